The third-order valence-electron chi connectivity index (χ3n) is 3.62. The van der Waals surface area contributed by atoms with Crippen LogP contribution in [0.4, 0.5) is 4.39 Å². The second-order valence-electron chi connectivity index (χ2n) is 6.58. The van der Waals surface area contributed by atoms with E-state index in [0.29, 0.717) is 13.0 Å². The maximum atomic E-state index is 14.7. The molecule has 1 aliphatic heterocycles. The normalized spacial score (nSPS) is 26.5. The van der Waals surface area contributed by atoms with Crippen LogP contribution in [0.2, 0.25) is 0 Å². The zero-order chi connectivity index (χ0) is 16.4. The Kier molecular flexibility index (Phi) is 5.33. The molecule has 1 heterocycles. The lowest BCUT2D eigenvalue weighted by Gasteiger charge is -2.39. The van der Waals surface area contributed by atoms with E-state index in [0.717, 1.165) is 0 Å². The summed E-state index contributed by atoms with van der Waals surface area (Å²) in [7, 11) is 0. The number of carbonyl (C=O) groups is 2. The van der Waals surface area contributed by atoms with Crippen molar-refractivity contribution in [1.82, 2.24) is 5.06 Å². The van der Waals surface area contributed by atoms with Crippen LogP contribution >= 0.6 is 0 Å². The number of hydrogen-bond acceptors (Lipinski definition) is 4. The fourth-order valence-corrected chi connectivity index (χ4v) is 2.54. The van der Waals surface area contributed by atoms with Crippen molar-refractivity contribution in [3.8, 4) is 0 Å². The highest BCUT2D eigenvalue weighted by Crippen LogP contribution is 2.38. The molecule has 0 radical (unpaired) electrons. The molecule has 1 aliphatic rings. The minimum absolute atomic E-state index is 0.103. The smallest absolute Gasteiger partial charge is 0.329 e. The topological polar surface area (TPSA) is 87.1 Å². The van der Waals surface area contributed by atoms with Crippen LogP contribution in [0.25, 0.3) is 0 Å². The molecule has 0 aliphatic carbocycles. The Morgan fingerprint density at radius 3 is 2.38 bits per heavy atom. The van der Waals surface area contributed by atoms with Crippen LogP contribution in [0.1, 0.15) is 47.0 Å². The molecule has 3 atom stereocenters. The lowest BCUT2D eigenvalue weighted by molar-refractivity contribution is -0.273. The lowest BCUT2D eigenvalue weighted by Crippen LogP contribution is -2.59. The van der Waals surface area contributed by atoms with Crippen molar-refractivity contribution in [1.29, 1.82) is 0 Å². The minimum atomic E-state index is -1.81. The van der Waals surface area contributed by atoms with Gasteiger partial charge in [0, 0.05) is 6.54 Å². The summed E-state index contributed by atoms with van der Waals surface area (Å²) in [6, 6.07) is 0. The Bertz CT molecular complexity index is 409. The first-order chi connectivity index (χ1) is 9.50. The molecule has 1 saturated heterocycles. The molecule has 7 heteroatoms. The molecular weight excluding hydrogens is 281 g/mol. The molecule has 21 heavy (non-hydrogen) atoms. The first-order valence-electron chi connectivity index (χ1n) is 7.07. The van der Waals surface area contributed by atoms with Gasteiger partial charge in [-0.25, -0.2) is 4.39 Å². The third-order valence-corrected chi connectivity index (χ3v) is 3.62. The second-order valence-corrected chi connectivity index (χ2v) is 6.58. The average molecular weight is 305 g/mol. The largest absolute Gasteiger partial charge is 0.481 e. The van der Waals surface area contributed by atoms with E-state index >= 15 is 0 Å². The van der Waals surface area contributed by atoms with Gasteiger partial charge in [-0.05, 0) is 40.0 Å². The summed E-state index contributed by atoms with van der Waals surface area (Å²) >= 11 is 0. The fraction of sp³-hybridized carbons (Fsp3) is 0.857. The first kappa shape index (κ1) is 17.8. The van der Waals surface area contributed by atoms with Gasteiger partial charge in [0.15, 0.2) is 5.54 Å². The van der Waals surface area contributed by atoms with Crippen LogP contribution in [0.15, 0.2) is 0 Å². The summed E-state index contributed by atoms with van der Waals surface area (Å²) in [5.74, 6) is -3.40. The van der Waals surface area contributed by atoms with E-state index in [1.54, 1.807) is 20.8 Å². The lowest BCUT2D eigenvalue weighted by atomic mass is 9.86. The van der Waals surface area contributed by atoms with E-state index in [2.05, 4.69) is 0 Å². The van der Waals surface area contributed by atoms with Crippen molar-refractivity contribution in [3.05, 3.63) is 0 Å². The third kappa shape index (κ3) is 3.91. The Hall–Kier alpha value is -1.21. The standard InChI is InChI=1S/C14H24FNO5/c1-9(11(17)18)8-10(15)14(12(19)20)6-5-7-16(14)21-13(2,3)4/h9-10H,5-8H2,1-4H3,(H,17,18)(H,19,20)/t9?,10?,14-/m1/s1. The van der Waals surface area contributed by atoms with Crippen LogP contribution in [-0.4, -0.2) is 51.1 Å². The molecular formula is C14H24FNO5. The number of rotatable bonds is 6. The van der Waals surface area contributed by atoms with Gasteiger partial charge in [0.2, 0.25) is 0 Å². The molecule has 0 aromatic carbocycles. The Labute approximate surface area is 123 Å². The SMILES string of the molecule is CC(CC(F)[C@@]1(C(=O)O)CCCN1OC(C)(C)C)C(=O)O. The fourth-order valence-electron chi connectivity index (χ4n) is 2.54. The molecule has 0 saturated carbocycles. The van der Waals surface area contributed by atoms with E-state index in [1.807, 2.05) is 0 Å². The molecule has 0 bridgehead atoms. The molecule has 1 rings (SSSR count). The van der Waals surface area contributed by atoms with Crippen molar-refractivity contribution in [3.63, 3.8) is 0 Å². The Balaban J connectivity index is 3.01. The van der Waals surface area contributed by atoms with E-state index in [-0.39, 0.29) is 12.8 Å². The highest BCUT2D eigenvalue weighted by Gasteiger charge is 2.56. The van der Waals surface area contributed by atoms with Gasteiger partial charge in [0.05, 0.1) is 11.5 Å². The van der Waals surface area contributed by atoms with Gasteiger partial charge in [-0.15, -0.1) is 0 Å². The molecule has 2 N–H and O–H groups in total. The predicted molar refractivity (Wildman–Crippen MR) is 73.5 cm³/mol. The van der Waals surface area contributed by atoms with E-state index in [9.17, 15) is 19.1 Å². The van der Waals surface area contributed by atoms with Gasteiger partial charge < -0.3 is 10.2 Å². The average Bonchev–Trinajstić information content (AvgIpc) is 2.70. The zero-order valence-corrected chi connectivity index (χ0v) is 12.9. The van der Waals surface area contributed by atoms with Crippen LogP contribution in [0, 0.1) is 5.92 Å². The van der Waals surface area contributed by atoms with Crippen molar-refractivity contribution in [2.24, 2.45) is 5.92 Å². The van der Waals surface area contributed by atoms with Crippen LogP contribution in [0.3, 0.4) is 0 Å². The summed E-state index contributed by atoms with van der Waals surface area (Å²) in [6.45, 7) is 6.95. The summed E-state index contributed by atoms with van der Waals surface area (Å²) < 4.78 is 14.7. The van der Waals surface area contributed by atoms with Gasteiger partial charge in [-0.2, -0.15) is 5.06 Å². The van der Waals surface area contributed by atoms with E-state index < -0.39 is 35.2 Å². The maximum Gasteiger partial charge on any atom is 0.329 e. The maximum absolute atomic E-state index is 14.7. The summed E-state index contributed by atoms with van der Waals surface area (Å²) in [6.07, 6.45) is -1.58. The summed E-state index contributed by atoms with van der Waals surface area (Å²) in [5.41, 5.74) is -2.46. The number of hydroxylamine groups is 2. The molecule has 1 fully saturated rings. The number of aliphatic carboxylic acids is 2. The van der Waals surface area contributed by atoms with Crippen LogP contribution in [0.5, 0.6) is 0 Å². The van der Waals surface area contributed by atoms with Crippen LogP contribution in [-0.2, 0) is 14.4 Å². The highest BCUT2D eigenvalue weighted by atomic mass is 19.1. The quantitative estimate of drug-likeness (QED) is 0.781. The monoisotopic (exact) mass is 305 g/mol. The second kappa shape index (κ2) is 6.27. The van der Waals surface area contributed by atoms with Crippen LogP contribution < -0.4 is 0 Å². The molecule has 0 amide bonds. The number of carboxylic acids is 2. The number of carboxylic acid groups (broad SMARTS) is 2. The highest BCUT2D eigenvalue weighted by molar-refractivity contribution is 5.80. The Morgan fingerprint density at radius 2 is 1.95 bits per heavy atom. The Morgan fingerprint density at radius 1 is 1.38 bits per heavy atom. The predicted octanol–water partition coefficient (Wildman–Crippen LogP) is 2.08. The first-order valence-corrected chi connectivity index (χ1v) is 7.07. The van der Waals surface area contributed by atoms with E-state index in [4.69, 9.17) is 9.94 Å². The minimum Gasteiger partial charge on any atom is -0.481 e. The van der Waals surface area contributed by atoms with Gasteiger partial charge >= 0.3 is 11.9 Å². The summed E-state index contributed by atoms with van der Waals surface area (Å²) in [4.78, 5) is 28.2. The molecule has 6 nitrogen and oxygen atoms in total. The van der Waals surface area contributed by atoms with Crippen molar-refractivity contribution < 1.29 is 29.0 Å². The number of alkyl halides is 1. The zero-order valence-electron chi connectivity index (χ0n) is 12.9. The van der Waals surface area contributed by atoms with Crippen molar-refractivity contribution >= 4 is 11.9 Å². The van der Waals surface area contributed by atoms with Gasteiger partial charge in [-0.1, -0.05) is 6.92 Å². The molecule has 0 aromatic heterocycles. The molecule has 0 spiro atoms. The van der Waals surface area contributed by atoms with Gasteiger partial charge in [0.1, 0.15) is 6.17 Å². The molecule has 0 aromatic rings. The van der Waals surface area contributed by atoms with E-state index in [1.165, 1.54) is 12.0 Å². The summed E-state index contributed by atoms with van der Waals surface area (Å²) in [5, 5.41) is 19.6. The van der Waals surface area contributed by atoms with Gasteiger partial charge in [-0.3, -0.25) is 14.4 Å². The molecule has 2 unspecified atom stereocenters. The van der Waals surface area contributed by atoms with Crippen molar-refractivity contribution in [2.75, 3.05) is 6.54 Å². The number of nitrogens with zero attached hydrogens (tertiary/aromatic N) is 1. The number of hydrogen-bond donors (Lipinski definition) is 2. The number of halogens is 1. The van der Waals surface area contributed by atoms with Crippen molar-refractivity contribution in [2.45, 2.75) is 64.3 Å². The molecule has 122 valence electrons. The van der Waals surface area contributed by atoms with Gasteiger partial charge in [0.25, 0.3) is 0 Å².